The number of benzene rings is 1. The third-order valence-corrected chi connectivity index (χ3v) is 5.10. The number of aliphatic hydroxyl groups is 4. The lowest BCUT2D eigenvalue weighted by Crippen LogP contribution is -2.60. The van der Waals surface area contributed by atoms with Crippen LogP contribution in [0.5, 0.6) is 11.5 Å². The molecule has 150 valence electrons. The lowest BCUT2D eigenvalue weighted by atomic mass is 9.99. The number of H-pyrrole nitrogens is 1. The first-order valence-corrected chi connectivity index (χ1v) is 8.87. The average molecular weight is 390 g/mol. The second-order valence-electron chi connectivity index (χ2n) is 6.78. The summed E-state index contributed by atoms with van der Waals surface area (Å²) in [7, 11) is 1.48. The zero-order chi connectivity index (χ0) is 20.0. The van der Waals surface area contributed by atoms with Gasteiger partial charge in [-0.1, -0.05) is 0 Å². The number of aryl methyl sites for hydroxylation is 1. The molecule has 28 heavy (non-hydrogen) atoms. The largest absolute Gasteiger partial charge is 0.493 e. The minimum Gasteiger partial charge on any atom is -0.493 e. The van der Waals surface area contributed by atoms with Crippen molar-refractivity contribution in [2.24, 2.45) is 0 Å². The zero-order valence-corrected chi connectivity index (χ0v) is 15.4. The molecule has 3 heterocycles. The van der Waals surface area contributed by atoms with E-state index in [9.17, 15) is 20.4 Å². The van der Waals surface area contributed by atoms with Crippen LogP contribution < -0.4 is 9.47 Å². The van der Waals surface area contributed by atoms with Crippen LogP contribution in [0.4, 0.5) is 0 Å². The van der Waals surface area contributed by atoms with Crippen LogP contribution >= 0.6 is 0 Å². The molecule has 5 N–H and O–H groups in total. The summed E-state index contributed by atoms with van der Waals surface area (Å²) >= 11 is 0. The maximum Gasteiger partial charge on any atom is 0.229 e. The van der Waals surface area contributed by atoms with Crippen molar-refractivity contribution in [2.45, 2.75) is 37.6 Å². The monoisotopic (exact) mass is 390 g/mol. The average Bonchev–Trinajstić information content (AvgIpc) is 3.09. The van der Waals surface area contributed by atoms with Crippen molar-refractivity contribution in [2.75, 3.05) is 13.7 Å². The van der Waals surface area contributed by atoms with Crippen molar-refractivity contribution >= 4 is 21.8 Å². The molecular formula is C19H22N2O7. The van der Waals surface area contributed by atoms with Gasteiger partial charge in [0, 0.05) is 17.0 Å². The summed E-state index contributed by atoms with van der Waals surface area (Å²) in [6.07, 6.45) is -5.18. The number of fused-ring (bicyclic) bond motifs is 3. The van der Waals surface area contributed by atoms with Crippen LogP contribution in [0.15, 0.2) is 24.4 Å². The van der Waals surface area contributed by atoms with Gasteiger partial charge in [-0.25, -0.2) is 0 Å². The molecule has 9 heteroatoms. The van der Waals surface area contributed by atoms with E-state index in [-0.39, 0.29) is 5.75 Å². The van der Waals surface area contributed by atoms with Crippen molar-refractivity contribution in [3.05, 3.63) is 30.1 Å². The second kappa shape index (κ2) is 7.19. The first-order valence-electron chi connectivity index (χ1n) is 8.87. The SMILES string of the molecule is COc1ccc2c([nH]c3c(C)nccc32)c1OC1OC(CO)C(O)C(O)C1O. The third-order valence-electron chi connectivity index (χ3n) is 5.10. The molecule has 0 bridgehead atoms. The van der Waals surface area contributed by atoms with Crippen LogP contribution in [0.3, 0.4) is 0 Å². The lowest BCUT2D eigenvalue weighted by molar-refractivity contribution is -0.277. The minimum absolute atomic E-state index is 0.278. The Hall–Kier alpha value is -2.43. The van der Waals surface area contributed by atoms with E-state index in [1.54, 1.807) is 12.3 Å². The molecule has 9 nitrogen and oxygen atoms in total. The number of aliphatic hydroxyl groups excluding tert-OH is 4. The fraction of sp³-hybridized carbons (Fsp3) is 0.421. The second-order valence-corrected chi connectivity index (χ2v) is 6.78. The number of ether oxygens (including phenoxy) is 3. The molecular weight excluding hydrogens is 368 g/mol. The number of hydrogen-bond donors (Lipinski definition) is 5. The first-order chi connectivity index (χ1) is 13.5. The van der Waals surface area contributed by atoms with Crippen LogP contribution in [-0.4, -0.2) is 74.8 Å². The minimum atomic E-state index is -1.53. The van der Waals surface area contributed by atoms with Crippen molar-refractivity contribution in [3.63, 3.8) is 0 Å². The van der Waals surface area contributed by atoms with Gasteiger partial charge in [0.15, 0.2) is 11.5 Å². The van der Waals surface area contributed by atoms with Crippen molar-refractivity contribution in [1.82, 2.24) is 9.97 Å². The summed E-state index contributed by atoms with van der Waals surface area (Å²) in [5.41, 5.74) is 2.26. The van der Waals surface area contributed by atoms with Gasteiger partial charge in [-0.2, -0.15) is 0 Å². The smallest absolute Gasteiger partial charge is 0.229 e. The quantitative estimate of drug-likeness (QED) is 0.426. The molecule has 5 atom stereocenters. The predicted octanol–water partition coefficient (Wildman–Crippen LogP) is 0.212. The summed E-state index contributed by atoms with van der Waals surface area (Å²) in [4.78, 5) is 7.56. The fourth-order valence-corrected chi connectivity index (χ4v) is 3.54. The van der Waals surface area contributed by atoms with Crippen LogP contribution in [0.25, 0.3) is 21.8 Å². The third kappa shape index (κ3) is 2.88. The van der Waals surface area contributed by atoms with E-state index in [2.05, 4.69) is 9.97 Å². The number of aromatic amines is 1. The van der Waals surface area contributed by atoms with E-state index in [0.717, 1.165) is 22.0 Å². The van der Waals surface area contributed by atoms with Gasteiger partial charge in [0.1, 0.15) is 24.4 Å². The maximum absolute atomic E-state index is 10.3. The number of aromatic nitrogens is 2. The van der Waals surface area contributed by atoms with Crippen LogP contribution in [-0.2, 0) is 4.74 Å². The van der Waals surface area contributed by atoms with E-state index >= 15 is 0 Å². The fourth-order valence-electron chi connectivity index (χ4n) is 3.54. The number of nitrogens with one attached hydrogen (secondary N) is 1. The molecule has 5 unspecified atom stereocenters. The van der Waals surface area contributed by atoms with E-state index in [4.69, 9.17) is 14.2 Å². The Labute approximate surface area is 160 Å². The molecule has 1 fully saturated rings. The van der Waals surface area contributed by atoms with Crippen LogP contribution in [0.2, 0.25) is 0 Å². The Kier molecular flexibility index (Phi) is 4.86. The number of pyridine rings is 1. The molecule has 0 amide bonds. The summed E-state index contributed by atoms with van der Waals surface area (Å²) < 4.78 is 16.8. The van der Waals surface area contributed by atoms with Gasteiger partial charge in [0.2, 0.25) is 6.29 Å². The molecule has 1 aliphatic heterocycles. The molecule has 3 aromatic rings. The molecule has 2 aromatic heterocycles. The zero-order valence-electron chi connectivity index (χ0n) is 15.4. The van der Waals surface area contributed by atoms with E-state index in [0.29, 0.717) is 11.3 Å². The molecule has 1 aromatic carbocycles. The standard InChI is InChI=1S/C19H22N2O7/c1-8-13-10(5-6-20-8)9-3-4-11(26-2)18(14(9)21-13)28-19-17(25)16(24)15(23)12(7-22)27-19/h3-6,12,15-17,19,21-25H,7H2,1-2H3. The lowest BCUT2D eigenvalue weighted by Gasteiger charge is -2.39. The van der Waals surface area contributed by atoms with E-state index < -0.39 is 37.3 Å². The first kappa shape index (κ1) is 18.9. The Morgan fingerprint density at radius 3 is 2.54 bits per heavy atom. The van der Waals surface area contributed by atoms with Crippen molar-refractivity contribution < 1.29 is 34.6 Å². The van der Waals surface area contributed by atoms with Gasteiger partial charge in [-0.3, -0.25) is 4.98 Å². The van der Waals surface area contributed by atoms with Gasteiger partial charge in [0.05, 0.1) is 30.4 Å². The summed E-state index contributed by atoms with van der Waals surface area (Å²) in [6, 6.07) is 5.49. The van der Waals surface area contributed by atoms with Crippen LogP contribution in [0.1, 0.15) is 5.69 Å². The Bertz CT molecular complexity index is 1000. The van der Waals surface area contributed by atoms with Gasteiger partial charge in [0.25, 0.3) is 0 Å². The normalized spacial score (nSPS) is 28.0. The van der Waals surface area contributed by atoms with Gasteiger partial charge in [-0.05, 0) is 25.1 Å². The Morgan fingerprint density at radius 2 is 1.82 bits per heavy atom. The van der Waals surface area contributed by atoms with Crippen LogP contribution in [0, 0.1) is 6.92 Å². The number of methoxy groups -OCH3 is 1. The number of nitrogens with zero attached hydrogens (tertiary/aromatic N) is 1. The highest BCUT2D eigenvalue weighted by Gasteiger charge is 2.45. The highest BCUT2D eigenvalue weighted by Crippen LogP contribution is 2.40. The molecule has 0 aliphatic carbocycles. The Morgan fingerprint density at radius 1 is 1.07 bits per heavy atom. The summed E-state index contributed by atoms with van der Waals surface area (Å²) in [5, 5.41) is 41.5. The van der Waals surface area contributed by atoms with Gasteiger partial charge in [-0.15, -0.1) is 0 Å². The predicted molar refractivity (Wildman–Crippen MR) is 99.3 cm³/mol. The van der Waals surface area contributed by atoms with Gasteiger partial charge >= 0.3 is 0 Å². The highest BCUT2D eigenvalue weighted by molar-refractivity contribution is 6.10. The summed E-state index contributed by atoms with van der Waals surface area (Å²) in [5.74, 6) is 0.668. The maximum atomic E-state index is 10.3. The van der Waals surface area contributed by atoms with Crippen molar-refractivity contribution in [3.8, 4) is 11.5 Å². The number of hydrogen-bond acceptors (Lipinski definition) is 8. The highest BCUT2D eigenvalue weighted by atomic mass is 16.7. The number of rotatable bonds is 4. The topological polar surface area (TPSA) is 137 Å². The Balaban J connectivity index is 1.81. The molecule has 0 spiro atoms. The van der Waals surface area contributed by atoms with Gasteiger partial charge < -0.3 is 39.6 Å². The molecule has 1 aliphatic rings. The van der Waals surface area contributed by atoms with E-state index in [1.807, 2.05) is 19.1 Å². The summed E-state index contributed by atoms with van der Waals surface area (Å²) in [6.45, 7) is 1.34. The molecule has 1 saturated heterocycles. The molecule has 0 radical (unpaired) electrons. The molecule has 4 rings (SSSR count). The van der Waals surface area contributed by atoms with Crippen molar-refractivity contribution in [1.29, 1.82) is 0 Å². The van der Waals surface area contributed by atoms with E-state index in [1.165, 1.54) is 7.11 Å². The molecule has 0 saturated carbocycles.